The van der Waals surface area contributed by atoms with Crippen molar-refractivity contribution in [1.82, 2.24) is 10.2 Å². The van der Waals surface area contributed by atoms with Gasteiger partial charge in [0.05, 0.1) is 11.5 Å². The number of carbonyl (C=O) groups is 2. The Morgan fingerprint density at radius 2 is 2.19 bits per heavy atom. The number of benzene rings is 1. The lowest BCUT2D eigenvalue weighted by molar-refractivity contribution is -0.133. The second-order valence-electron chi connectivity index (χ2n) is 4.21. The van der Waals surface area contributed by atoms with E-state index in [1.165, 1.54) is 6.39 Å². The first-order valence-corrected chi connectivity index (χ1v) is 7.18. The third kappa shape index (κ3) is 4.32. The largest absolute Gasteiger partial charge is 0.481 e. The normalized spacial score (nSPS) is 10.3. The maximum atomic E-state index is 11.8. The van der Waals surface area contributed by atoms with E-state index in [0.29, 0.717) is 17.1 Å². The molecule has 0 aliphatic carbocycles. The summed E-state index contributed by atoms with van der Waals surface area (Å²) in [4.78, 5) is 22.2. The SMILES string of the molecule is Cc1ccc(-c2nnco2)cc1NC(=O)CSCC(=O)O. The summed E-state index contributed by atoms with van der Waals surface area (Å²) in [7, 11) is 0. The van der Waals surface area contributed by atoms with Crippen LogP contribution in [-0.2, 0) is 9.59 Å². The Kier molecular flexibility index (Phi) is 4.94. The molecule has 0 aliphatic rings. The maximum Gasteiger partial charge on any atom is 0.313 e. The Morgan fingerprint density at radius 3 is 2.86 bits per heavy atom. The molecular formula is C13H13N3O4S. The third-order valence-corrected chi connectivity index (χ3v) is 3.49. The molecule has 2 rings (SSSR count). The molecule has 0 bridgehead atoms. The lowest BCUT2D eigenvalue weighted by atomic mass is 10.1. The van der Waals surface area contributed by atoms with Crippen LogP contribution in [0.4, 0.5) is 5.69 Å². The molecule has 0 saturated carbocycles. The zero-order valence-electron chi connectivity index (χ0n) is 11.2. The molecule has 1 amide bonds. The van der Waals surface area contributed by atoms with E-state index in [-0.39, 0.29) is 17.4 Å². The van der Waals surface area contributed by atoms with Crippen molar-refractivity contribution in [2.75, 3.05) is 16.8 Å². The molecule has 2 aromatic rings. The van der Waals surface area contributed by atoms with Crippen molar-refractivity contribution >= 4 is 29.3 Å². The third-order valence-electron chi connectivity index (χ3n) is 2.58. The fraction of sp³-hybridized carbons (Fsp3) is 0.231. The number of anilines is 1. The average Bonchev–Trinajstić information content (AvgIpc) is 2.95. The minimum absolute atomic E-state index is 0.0799. The Bertz CT molecular complexity index is 643. The highest BCUT2D eigenvalue weighted by atomic mass is 32.2. The van der Waals surface area contributed by atoms with Gasteiger partial charge < -0.3 is 14.8 Å². The topological polar surface area (TPSA) is 105 Å². The molecule has 0 fully saturated rings. The molecule has 0 aliphatic heterocycles. The minimum atomic E-state index is -0.942. The summed E-state index contributed by atoms with van der Waals surface area (Å²) in [6.07, 6.45) is 1.23. The highest BCUT2D eigenvalue weighted by Gasteiger charge is 2.10. The van der Waals surface area contributed by atoms with Crippen LogP contribution in [0.2, 0.25) is 0 Å². The van der Waals surface area contributed by atoms with Crippen LogP contribution >= 0.6 is 11.8 Å². The number of carbonyl (C=O) groups excluding carboxylic acids is 1. The second kappa shape index (κ2) is 6.89. The number of nitrogens with zero attached hydrogens (tertiary/aromatic N) is 2. The zero-order chi connectivity index (χ0) is 15.2. The lowest BCUT2D eigenvalue weighted by Gasteiger charge is -2.09. The van der Waals surface area contributed by atoms with Crippen molar-refractivity contribution in [3.8, 4) is 11.5 Å². The highest BCUT2D eigenvalue weighted by molar-refractivity contribution is 8.00. The number of hydrogen-bond donors (Lipinski definition) is 2. The Hall–Kier alpha value is -2.35. The summed E-state index contributed by atoms with van der Waals surface area (Å²) in [5, 5.41) is 18.7. The van der Waals surface area contributed by atoms with E-state index in [1.807, 2.05) is 19.1 Å². The number of hydrogen-bond acceptors (Lipinski definition) is 6. The van der Waals surface area contributed by atoms with Gasteiger partial charge in [-0.1, -0.05) is 6.07 Å². The number of aliphatic carboxylic acids is 1. The summed E-state index contributed by atoms with van der Waals surface area (Å²) >= 11 is 1.04. The van der Waals surface area contributed by atoms with Crippen LogP contribution in [0, 0.1) is 6.92 Å². The quantitative estimate of drug-likeness (QED) is 0.838. The molecule has 0 radical (unpaired) electrons. The van der Waals surface area contributed by atoms with Crippen LogP contribution in [0.15, 0.2) is 29.0 Å². The summed E-state index contributed by atoms with van der Waals surface area (Å²) in [5.74, 6) is -0.856. The van der Waals surface area contributed by atoms with E-state index in [0.717, 1.165) is 17.3 Å². The van der Waals surface area contributed by atoms with Gasteiger partial charge in [-0.2, -0.15) is 0 Å². The molecule has 8 heteroatoms. The predicted octanol–water partition coefficient (Wildman–Crippen LogP) is 1.80. The van der Waals surface area contributed by atoms with Gasteiger partial charge >= 0.3 is 5.97 Å². The van der Waals surface area contributed by atoms with E-state index in [9.17, 15) is 9.59 Å². The molecule has 0 saturated heterocycles. The summed E-state index contributed by atoms with van der Waals surface area (Å²) in [6, 6.07) is 5.39. The number of aromatic nitrogens is 2. The zero-order valence-corrected chi connectivity index (χ0v) is 12.0. The number of nitrogens with one attached hydrogen (secondary N) is 1. The van der Waals surface area contributed by atoms with Crippen molar-refractivity contribution in [2.24, 2.45) is 0 Å². The highest BCUT2D eigenvalue weighted by Crippen LogP contribution is 2.24. The Balaban J connectivity index is 2.04. The van der Waals surface area contributed by atoms with Crippen LogP contribution in [-0.4, -0.2) is 38.7 Å². The van der Waals surface area contributed by atoms with Gasteiger partial charge in [-0.25, -0.2) is 0 Å². The molecule has 1 heterocycles. The van der Waals surface area contributed by atoms with Gasteiger partial charge in [0, 0.05) is 11.3 Å². The average molecular weight is 307 g/mol. The monoisotopic (exact) mass is 307 g/mol. The van der Waals surface area contributed by atoms with E-state index < -0.39 is 5.97 Å². The molecule has 1 aromatic heterocycles. The van der Waals surface area contributed by atoms with E-state index in [1.54, 1.807) is 6.07 Å². The summed E-state index contributed by atoms with van der Waals surface area (Å²) < 4.78 is 5.11. The first-order chi connectivity index (χ1) is 10.1. The van der Waals surface area contributed by atoms with Crippen molar-refractivity contribution in [2.45, 2.75) is 6.92 Å². The molecule has 0 unspecified atom stereocenters. The number of carboxylic acid groups (broad SMARTS) is 1. The second-order valence-corrected chi connectivity index (χ2v) is 5.19. The van der Waals surface area contributed by atoms with Gasteiger partial charge in [0.15, 0.2) is 0 Å². The number of rotatable bonds is 6. The molecule has 0 atom stereocenters. The van der Waals surface area contributed by atoms with E-state index >= 15 is 0 Å². The Morgan fingerprint density at radius 1 is 1.38 bits per heavy atom. The van der Waals surface area contributed by atoms with E-state index in [2.05, 4.69) is 15.5 Å². The van der Waals surface area contributed by atoms with Gasteiger partial charge in [0.25, 0.3) is 0 Å². The smallest absolute Gasteiger partial charge is 0.313 e. The van der Waals surface area contributed by atoms with Crippen LogP contribution in [0.3, 0.4) is 0 Å². The first kappa shape index (κ1) is 15.0. The fourth-order valence-corrected chi connectivity index (χ4v) is 2.14. The van der Waals surface area contributed by atoms with Crippen LogP contribution < -0.4 is 5.32 Å². The van der Waals surface area contributed by atoms with Crippen LogP contribution in [0.5, 0.6) is 0 Å². The molecule has 110 valence electrons. The molecule has 1 aromatic carbocycles. The van der Waals surface area contributed by atoms with Crippen molar-refractivity contribution in [3.63, 3.8) is 0 Å². The maximum absolute atomic E-state index is 11.8. The van der Waals surface area contributed by atoms with Gasteiger partial charge in [-0.3, -0.25) is 9.59 Å². The Labute approximate surface area is 124 Å². The number of aryl methyl sites for hydroxylation is 1. The summed E-state index contributed by atoms with van der Waals surface area (Å²) in [5.41, 5.74) is 2.22. The number of carboxylic acids is 1. The predicted molar refractivity (Wildman–Crippen MR) is 78.1 cm³/mol. The molecule has 21 heavy (non-hydrogen) atoms. The van der Waals surface area contributed by atoms with Gasteiger partial charge in [-0.15, -0.1) is 22.0 Å². The molecular weight excluding hydrogens is 294 g/mol. The summed E-state index contributed by atoms with van der Waals surface area (Å²) in [6.45, 7) is 1.86. The minimum Gasteiger partial charge on any atom is -0.481 e. The molecule has 2 N–H and O–H groups in total. The molecule has 7 nitrogen and oxygen atoms in total. The lowest BCUT2D eigenvalue weighted by Crippen LogP contribution is -2.16. The molecule has 0 spiro atoms. The van der Waals surface area contributed by atoms with Crippen molar-refractivity contribution in [3.05, 3.63) is 30.2 Å². The van der Waals surface area contributed by atoms with Crippen molar-refractivity contribution < 1.29 is 19.1 Å². The van der Waals surface area contributed by atoms with Crippen LogP contribution in [0.1, 0.15) is 5.56 Å². The number of amides is 1. The van der Waals surface area contributed by atoms with Gasteiger partial charge in [-0.05, 0) is 24.6 Å². The number of thioether (sulfide) groups is 1. The van der Waals surface area contributed by atoms with Gasteiger partial charge in [0.1, 0.15) is 0 Å². The van der Waals surface area contributed by atoms with Gasteiger partial charge in [0.2, 0.25) is 18.2 Å². The first-order valence-electron chi connectivity index (χ1n) is 6.03. The fourth-order valence-electron chi connectivity index (χ4n) is 1.61. The van der Waals surface area contributed by atoms with Crippen LogP contribution in [0.25, 0.3) is 11.5 Å². The van der Waals surface area contributed by atoms with Crippen molar-refractivity contribution in [1.29, 1.82) is 0 Å². The standard InChI is InChI=1S/C13H13N3O4S/c1-8-2-3-9(13-16-14-7-20-13)4-10(8)15-11(17)5-21-6-12(18)19/h2-4,7H,5-6H2,1H3,(H,15,17)(H,18,19). The van der Waals surface area contributed by atoms with E-state index in [4.69, 9.17) is 9.52 Å².